The van der Waals surface area contributed by atoms with Crippen LogP contribution >= 0.6 is 0 Å². The molecular formula is C13H15FN2. The second-order valence-corrected chi connectivity index (χ2v) is 3.05. The number of nitrogens with zero attached hydrogens (tertiary/aromatic N) is 2. The van der Waals surface area contributed by atoms with Gasteiger partial charge in [-0.3, -0.25) is 0 Å². The second-order valence-electron chi connectivity index (χ2n) is 3.05. The molecule has 0 unspecified atom stereocenters. The zero-order valence-electron chi connectivity index (χ0n) is 9.74. The summed E-state index contributed by atoms with van der Waals surface area (Å²) in [4.78, 5) is 8.10. The van der Waals surface area contributed by atoms with Gasteiger partial charge >= 0.3 is 0 Å². The Bertz CT molecular complexity index is 438. The van der Waals surface area contributed by atoms with E-state index in [1.165, 1.54) is 18.5 Å². The van der Waals surface area contributed by atoms with E-state index < -0.39 is 0 Å². The van der Waals surface area contributed by atoms with E-state index >= 15 is 0 Å². The van der Waals surface area contributed by atoms with E-state index in [9.17, 15) is 4.39 Å². The maximum absolute atomic E-state index is 12.6. The van der Waals surface area contributed by atoms with Crippen molar-refractivity contribution in [2.24, 2.45) is 0 Å². The van der Waals surface area contributed by atoms with Crippen LogP contribution in [0.3, 0.4) is 0 Å². The number of hydrogen-bond acceptors (Lipinski definition) is 2. The van der Waals surface area contributed by atoms with Crippen molar-refractivity contribution in [1.29, 1.82) is 0 Å². The lowest BCUT2D eigenvalue weighted by Crippen LogP contribution is -1.87. The van der Waals surface area contributed by atoms with Gasteiger partial charge in [-0.1, -0.05) is 13.8 Å². The standard InChI is InChI=1S/C11H9FN2.C2H6/c1-8-6-11(14-7-13-8)9-2-4-10(12)5-3-9;1-2/h2-7H,1H3;1-2H3. The molecule has 1 aromatic carbocycles. The summed E-state index contributed by atoms with van der Waals surface area (Å²) in [6, 6.07) is 8.13. The minimum atomic E-state index is -0.237. The van der Waals surface area contributed by atoms with Crippen molar-refractivity contribution >= 4 is 0 Å². The summed E-state index contributed by atoms with van der Waals surface area (Å²) in [7, 11) is 0. The van der Waals surface area contributed by atoms with E-state index in [-0.39, 0.29) is 5.82 Å². The molecule has 1 aromatic heterocycles. The lowest BCUT2D eigenvalue weighted by Gasteiger charge is -2.00. The fourth-order valence-corrected chi connectivity index (χ4v) is 1.23. The molecule has 0 aliphatic heterocycles. The first-order valence-electron chi connectivity index (χ1n) is 5.30. The summed E-state index contributed by atoms with van der Waals surface area (Å²) in [5, 5.41) is 0. The van der Waals surface area contributed by atoms with E-state index in [4.69, 9.17) is 0 Å². The zero-order valence-corrected chi connectivity index (χ0v) is 9.74. The number of benzene rings is 1. The molecular weight excluding hydrogens is 203 g/mol. The number of aromatic nitrogens is 2. The molecule has 0 aliphatic rings. The summed E-state index contributed by atoms with van der Waals surface area (Å²) in [6.45, 7) is 5.90. The second kappa shape index (κ2) is 5.95. The summed E-state index contributed by atoms with van der Waals surface area (Å²) >= 11 is 0. The Kier molecular flexibility index (Phi) is 4.58. The molecule has 3 heteroatoms. The molecule has 0 atom stereocenters. The Morgan fingerprint density at radius 3 is 2.19 bits per heavy atom. The van der Waals surface area contributed by atoms with Crippen molar-refractivity contribution in [2.75, 3.05) is 0 Å². The predicted molar refractivity (Wildman–Crippen MR) is 63.5 cm³/mol. The first-order chi connectivity index (χ1) is 7.75. The van der Waals surface area contributed by atoms with Crippen LogP contribution in [0.15, 0.2) is 36.7 Å². The fourth-order valence-electron chi connectivity index (χ4n) is 1.23. The monoisotopic (exact) mass is 218 g/mol. The molecule has 0 spiro atoms. The quantitative estimate of drug-likeness (QED) is 0.730. The Morgan fingerprint density at radius 2 is 1.62 bits per heavy atom. The van der Waals surface area contributed by atoms with Crippen molar-refractivity contribution in [3.63, 3.8) is 0 Å². The molecule has 0 bridgehead atoms. The van der Waals surface area contributed by atoms with Crippen LogP contribution in [0, 0.1) is 12.7 Å². The highest BCUT2D eigenvalue weighted by Crippen LogP contribution is 2.16. The minimum absolute atomic E-state index is 0.237. The van der Waals surface area contributed by atoms with E-state index in [1.54, 1.807) is 12.1 Å². The molecule has 0 fully saturated rings. The maximum Gasteiger partial charge on any atom is 0.123 e. The van der Waals surface area contributed by atoms with Gasteiger partial charge in [-0.15, -0.1) is 0 Å². The Labute approximate surface area is 95.2 Å². The largest absolute Gasteiger partial charge is 0.242 e. The van der Waals surface area contributed by atoms with Crippen LogP contribution in [0.1, 0.15) is 19.5 Å². The van der Waals surface area contributed by atoms with E-state index in [0.717, 1.165) is 17.0 Å². The van der Waals surface area contributed by atoms with Gasteiger partial charge in [-0.25, -0.2) is 14.4 Å². The summed E-state index contributed by atoms with van der Waals surface area (Å²) in [6.07, 6.45) is 1.51. The van der Waals surface area contributed by atoms with Gasteiger partial charge in [-0.2, -0.15) is 0 Å². The van der Waals surface area contributed by atoms with Crippen LogP contribution in [0.25, 0.3) is 11.3 Å². The minimum Gasteiger partial charge on any atom is -0.242 e. The molecule has 0 amide bonds. The summed E-state index contributed by atoms with van der Waals surface area (Å²) < 4.78 is 12.6. The SMILES string of the molecule is CC.Cc1cc(-c2ccc(F)cc2)ncn1. The van der Waals surface area contributed by atoms with E-state index in [0.29, 0.717) is 0 Å². The molecule has 1 heterocycles. The lowest BCUT2D eigenvalue weighted by atomic mass is 10.1. The van der Waals surface area contributed by atoms with E-state index in [1.807, 2.05) is 26.8 Å². The molecule has 0 saturated carbocycles. The molecule has 0 aliphatic carbocycles. The molecule has 0 radical (unpaired) electrons. The van der Waals surface area contributed by atoms with Gasteiger partial charge in [0.1, 0.15) is 12.1 Å². The van der Waals surface area contributed by atoms with Crippen molar-refractivity contribution in [3.8, 4) is 11.3 Å². The van der Waals surface area contributed by atoms with Crippen LogP contribution < -0.4 is 0 Å². The maximum atomic E-state index is 12.6. The highest BCUT2D eigenvalue weighted by atomic mass is 19.1. The van der Waals surface area contributed by atoms with Gasteiger partial charge in [0.05, 0.1) is 5.69 Å². The number of aryl methyl sites for hydroxylation is 1. The van der Waals surface area contributed by atoms with Gasteiger partial charge in [0.25, 0.3) is 0 Å². The third kappa shape index (κ3) is 3.12. The van der Waals surface area contributed by atoms with Crippen LogP contribution in [0.2, 0.25) is 0 Å². The Morgan fingerprint density at radius 1 is 1.00 bits per heavy atom. The highest BCUT2D eigenvalue weighted by molar-refractivity contribution is 5.58. The molecule has 2 nitrogen and oxygen atoms in total. The Balaban J connectivity index is 0.000000606. The molecule has 0 N–H and O–H groups in total. The van der Waals surface area contributed by atoms with Crippen LogP contribution in [0.4, 0.5) is 4.39 Å². The molecule has 84 valence electrons. The van der Waals surface area contributed by atoms with E-state index in [2.05, 4.69) is 9.97 Å². The molecule has 2 aromatic rings. The third-order valence-corrected chi connectivity index (χ3v) is 1.94. The van der Waals surface area contributed by atoms with Gasteiger partial charge in [-0.05, 0) is 37.3 Å². The van der Waals surface area contributed by atoms with Gasteiger partial charge < -0.3 is 0 Å². The molecule has 2 rings (SSSR count). The highest BCUT2D eigenvalue weighted by Gasteiger charge is 1.99. The van der Waals surface area contributed by atoms with Crippen LogP contribution in [-0.4, -0.2) is 9.97 Å². The van der Waals surface area contributed by atoms with Gasteiger partial charge in [0, 0.05) is 11.3 Å². The predicted octanol–water partition coefficient (Wildman–Crippen LogP) is 3.62. The smallest absolute Gasteiger partial charge is 0.123 e. The van der Waals surface area contributed by atoms with Crippen LogP contribution in [-0.2, 0) is 0 Å². The normalized spacial score (nSPS) is 9.25. The molecule has 0 saturated heterocycles. The lowest BCUT2D eigenvalue weighted by molar-refractivity contribution is 0.628. The van der Waals surface area contributed by atoms with Gasteiger partial charge in [0.15, 0.2) is 0 Å². The first kappa shape index (κ1) is 12.3. The average Bonchev–Trinajstić information content (AvgIpc) is 2.32. The number of halogens is 1. The zero-order chi connectivity index (χ0) is 12.0. The van der Waals surface area contributed by atoms with Crippen molar-refractivity contribution < 1.29 is 4.39 Å². The van der Waals surface area contributed by atoms with Crippen molar-refractivity contribution in [1.82, 2.24) is 9.97 Å². The first-order valence-corrected chi connectivity index (χ1v) is 5.30. The summed E-state index contributed by atoms with van der Waals surface area (Å²) in [5.74, 6) is -0.237. The Hall–Kier alpha value is -1.77. The fraction of sp³-hybridized carbons (Fsp3) is 0.231. The van der Waals surface area contributed by atoms with Crippen LogP contribution in [0.5, 0.6) is 0 Å². The summed E-state index contributed by atoms with van der Waals surface area (Å²) in [5.41, 5.74) is 2.62. The van der Waals surface area contributed by atoms with Crippen molar-refractivity contribution in [3.05, 3.63) is 48.2 Å². The number of hydrogen-bond donors (Lipinski definition) is 0. The van der Waals surface area contributed by atoms with Gasteiger partial charge in [0.2, 0.25) is 0 Å². The van der Waals surface area contributed by atoms with Crippen molar-refractivity contribution in [2.45, 2.75) is 20.8 Å². The third-order valence-electron chi connectivity index (χ3n) is 1.94. The number of rotatable bonds is 1. The topological polar surface area (TPSA) is 25.8 Å². The average molecular weight is 218 g/mol. The molecule has 16 heavy (non-hydrogen) atoms.